The molecule has 0 amide bonds. The van der Waals surface area contributed by atoms with Crippen LogP contribution in [0.1, 0.15) is 23.0 Å². The maximum Gasteiger partial charge on any atom is 0.150 e. The van der Waals surface area contributed by atoms with Crippen LogP contribution in [0.25, 0.3) is 0 Å². The summed E-state index contributed by atoms with van der Waals surface area (Å²) in [4.78, 5) is 12.7. The molecule has 1 heterocycles. The quantitative estimate of drug-likeness (QED) is 0.889. The first-order chi connectivity index (χ1) is 9.36. The number of ketones is 1. The highest BCUT2D eigenvalue weighted by Gasteiger charge is 2.32. The van der Waals surface area contributed by atoms with Gasteiger partial charge in [0.1, 0.15) is 5.78 Å². The topological polar surface area (TPSA) is 29.1 Å². The molecule has 2 atom stereocenters. The first-order valence-corrected chi connectivity index (χ1v) is 6.70. The van der Waals surface area contributed by atoms with Crippen LogP contribution >= 0.6 is 0 Å². The highest BCUT2D eigenvalue weighted by atomic mass is 16.1. The molecule has 1 N–H and O–H groups in total. The summed E-state index contributed by atoms with van der Waals surface area (Å²) in [5, 5.41) is 3.39. The zero-order chi connectivity index (χ0) is 13.1. The fourth-order valence-corrected chi connectivity index (χ4v) is 2.75. The van der Waals surface area contributed by atoms with E-state index in [1.54, 1.807) is 0 Å². The molecule has 0 aromatic heterocycles. The second-order valence-corrected chi connectivity index (χ2v) is 4.99. The Kier molecular flexibility index (Phi) is 3.43. The Balaban J connectivity index is 1.88. The van der Waals surface area contributed by atoms with E-state index < -0.39 is 0 Å². The minimum Gasteiger partial charge on any atom is -0.315 e. The Morgan fingerprint density at radius 1 is 0.737 bits per heavy atom. The van der Waals surface area contributed by atoms with Gasteiger partial charge in [-0.2, -0.15) is 0 Å². The molecule has 0 spiro atoms. The molecule has 19 heavy (non-hydrogen) atoms. The van der Waals surface area contributed by atoms with Gasteiger partial charge in [0.05, 0.1) is 11.8 Å². The van der Waals surface area contributed by atoms with Gasteiger partial charge in [0.25, 0.3) is 0 Å². The molecule has 0 radical (unpaired) electrons. The molecule has 0 bridgehead atoms. The van der Waals surface area contributed by atoms with E-state index in [0.29, 0.717) is 5.78 Å². The van der Waals surface area contributed by atoms with Crippen LogP contribution in [0.5, 0.6) is 0 Å². The van der Waals surface area contributed by atoms with Crippen molar-refractivity contribution in [2.45, 2.75) is 11.8 Å². The zero-order valence-corrected chi connectivity index (χ0v) is 10.8. The van der Waals surface area contributed by atoms with Gasteiger partial charge in [0.2, 0.25) is 0 Å². The average molecular weight is 251 g/mol. The number of hydrogen-bond donors (Lipinski definition) is 1. The van der Waals surface area contributed by atoms with E-state index in [2.05, 4.69) is 5.32 Å². The predicted octanol–water partition coefficient (Wildman–Crippen LogP) is 2.73. The molecule has 1 aliphatic heterocycles. The van der Waals surface area contributed by atoms with Gasteiger partial charge in [-0.3, -0.25) is 4.79 Å². The van der Waals surface area contributed by atoms with E-state index in [-0.39, 0.29) is 11.8 Å². The summed E-state index contributed by atoms with van der Waals surface area (Å²) in [5.41, 5.74) is 2.22. The van der Waals surface area contributed by atoms with Gasteiger partial charge in [-0.05, 0) is 11.1 Å². The Labute approximate surface area is 113 Å². The van der Waals surface area contributed by atoms with Gasteiger partial charge in [-0.15, -0.1) is 0 Å². The number of nitrogens with one attached hydrogen (secondary N) is 1. The molecule has 2 aromatic rings. The van der Waals surface area contributed by atoms with E-state index >= 15 is 0 Å². The van der Waals surface area contributed by atoms with E-state index in [1.807, 2.05) is 60.7 Å². The number of Topliss-reactive ketones (excluding diaryl/α,β-unsaturated/α-hetero) is 1. The van der Waals surface area contributed by atoms with Crippen molar-refractivity contribution in [1.82, 2.24) is 5.32 Å². The SMILES string of the molecule is O=C1C(c2ccccc2)CNCC1c1ccccc1. The average Bonchev–Trinajstić information content (AvgIpc) is 2.49. The molecule has 2 heteroatoms. The summed E-state index contributed by atoms with van der Waals surface area (Å²) >= 11 is 0. The Hall–Kier alpha value is -1.93. The summed E-state index contributed by atoms with van der Waals surface area (Å²) < 4.78 is 0. The van der Waals surface area contributed by atoms with Crippen LogP contribution in [-0.4, -0.2) is 18.9 Å². The van der Waals surface area contributed by atoms with Crippen molar-refractivity contribution in [3.05, 3.63) is 71.8 Å². The maximum atomic E-state index is 12.7. The minimum absolute atomic E-state index is 0.0276. The minimum atomic E-state index is -0.0276. The van der Waals surface area contributed by atoms with E-state index in [1.165, 1.54) is 0 Å². The first kappa shape index (κ1) is 12.1. The second-order valence-electron chi connectivity index (χ2n) is 4.99. The third-order valence-corrected chi connectivity index (χ3v) is 3.79. The molecule has 2 unspecified atom stereocenters. The van der Waals surface area contributed by atoms with Gasteiger partial charge in [0.15, 0.2) is 0 Å². The molecule has 3 rings (SSSR count). The van der Waals surface area contributed by atoms with Crippen molar-refractivity contribution in [2.24, 2.45) is 0 Å². The van der Waals surface area contributed by atoms with Crippen LogP contribution in [-0.2, 0) is 4.79 Å². The van der Waals surface area contributed by atoms with Crippen LogP contribution in [0.3, 0.4) is 0 Å². The number of carbonyl (C=O) groups excluding carboxylic acids is 1. The fraction of sp³-hybridized carbons (Fsp3) is 0.235. The van der Waals surface area contributed by atoms with Gasteiger partial charge in [-0.1, -0.05) is 60.7 Å². The molecular formula is C17H17NO. The molecule has 1 saturated heterocycles. The van der Waals surface area contributed by atoms with E-state index in [9.17, 15) is 4.79 Å². The molecule has 1 fully saturated rings. The molecule has 1 aliphatic rings. The molecule has 2 aromatic carbocycles. The third-order valence-electron chi connectivity index (χ3n) is 3.79. The van der Waals surface area contributed by atoms with Crippen molar-refractivity contribution in [3.8, 4) is 0 Å². The molecule has 2 nitrogen and oxygen atoms in total. The lowest BCUT2D eigenvalue weighted by Crippen LogP contribution is -2.41. The lowest BCUT2D eigenvalue weighted by Gasteiger charge is -2.29. The Morgan fingerprint density at radius 3 is 1.58 bits per heavy atom. The summed E-state index contributed by atoms with van der Waals surface area (Å²) in [5.74, 6) is 0.275. The van der Waals surface area contributed by atoms with Gasteiger partial charge in [-0.25, -0.2) is 0 Å². The van der Waals surface area contributed by atoms with Crippen LogP contribution in [0.4, 0.5) is 0 Å². The number of rotatable bonds is 2. The number of hydrogen-bond acceptors (Lipinski definition) is 2. The maximum absolute atomic E-state index is 12.7. The largest absolute Gasteiger partial charge is 0.315 e. The van der Waals surface area contributed by atoms with Crippen LogP contribution in [0.2, 0.25) is 0 Å². The van der Waals surface area contributed by atoms with E-state index in [4.69, 9.17) is 0 Å². The molecular weight excluding hydrogens is 234 g/mol. The molecule has 96 valence electrons. The number of piperidine rings is 1. The summed E-state index contributed by atoms with van der Waals surface area (Å²) in [6.07, 6.45) is 0. The van der Waals surface area contributed by atoms with Gasteiger partial charge < -0.3 is 5.32 Å². The fourth-order valence-electron chi connectivity index (χ4n) is 2.75. The van der Waals surface area contributed by atoms with Crippen molar-refractivity contribution in [1.29, 1.82) is 0 Å². The molecule has 0 saturated carbocycles. The zero-order valence-electron chi connectivity index (χ0n) is 10.8. The Morgan fingerprint density at radius 2 is 1.16 bits per heavy atom. The van der Waals surface area contributed by atoms with Crippen LogP contribution in [0, 0.1) is 0 Å². The predicted molar refractivity (Wildman–Crippen MR) is 76.2 cm³/mol. The normalized spacial score (nSPS) is 23.3. The summed E-state index contributed by atoms with van der Waals surface area (Å²) in [6.45, 7) is 1.48. The summed E-state index contributed by atoms with van der Waals surface area (Å²) in [6, 6.07) is 20.1. The van der Waals surface area contributed by atoms with Crippen molar-refractivity contribution >= 4 is 5.78 Å². The molecule has 0 aliphatic carbocycles. The first-order valence-electron chi connectivity index (χ1n) is 6.70. The smallest absolute Gasteiger partial charge is 0.150 e. The van der Waals surface area contributed by atoms with Crippen LogP contribution < -0.4 is 5.32 Å². The summed E-state index contributed by atoms with van der Waals surface area (Å²) in [7, 11) is 0. The highest BCUT2D eigenvalue weighted by molar-refractivity contribution is 5.93. The van der Waals surface area contributed by atoms with E-state index in [0.717, 1.165) is 24.2 Å². The highest BCUT2D eigenvalue weighted by Crippen LogP contribution is 2.28. The standard InChI is InChI=1S/C17H17NO/c19-17-15(13-7-3-1-4-8-13)11-18-12-16(17)14-9-5-2-6-10-14/h1-10,15-16,18H,11-12H2. The van der Waals surface area contributed by atoms with Crippen molar-refractivity contribution < 1.29 is 4.79 Å². The van der Waals surface area contributed by atoms with Gasteiger partial charge in [0, 0.05) is 13.1 Å². The third kappa shape index (κ3) is 2.45. The van der Waals surface area contributed by atoms with Crippen molar-refractivity contribution in [2.75, 3.05) is 13.1 Å². The Bertz CT molecular complexity index is 500. The van der Waals surface area contributed by atoms with Crippen molar-refractivity contribution in [3.63, 3.8) is 0 Å². The monoisotopic (exact) mass is 251 g/mol. The lowest BCUT2D eigenvalue weighted by atomic mass is 9.81. The van der Waals surface area contributed by atoms with Gasteiger partial charge >= 0.3 is 0 Å². The number of benzene rings is 2. The second kappa shape index (κ2) is 5.37. The lowest BCUT2D eigenvalue weighted by molar-refractivity contribution is -0.122. The number of carbonyl (C=O) groups is 1. The van der Waals surface area contributed by atoms with Crippen LogP contribution in [0.15, 0.2) is 60.7 Å².